The van der Waals surface area contributed by atoms with E-state index in [0.717, 1.165) is 50.2 Å². The van der Waals surface area contributed by atoms with E-state index in [4.69, 9.17) is 4.74 Å². The van der Waals surface area contributed by atoms with Crippen molar-refractivity contribution in [2.24, 2.45) is 5.92 Å². The number of nitrogens with zero attached hydrogens (tertiary/aromatic N) is 3. The Balaban J connectivity index is 1.78. The zero-order chi connectivity index (χ0) is 21.2. The Hall–Kier alpha value is -2.08. The molecule has 2 aliphatic rings. The third-order valence-electron chi connectivity index (χ3n) is 6.18. The summed E-state index contributed by atoms with van der Waals surface area (Å²) in [5, 5.41) is 0. The number of ether oxygens (including phenoxy) is 1. The van der Waals surface area contributed by atoms with Gasteiger partial charge in [0.2, 0.25) is 0 Å². The summed E-state index contributed by atoms with van der Waals surface area (Å²) in [4.78, 5) is 32.4. The summed E-state index contributed by atoms with van der Waals surface area (Å²) < 4.78 is 5.23. The van der Waals surface area contributed by atoms with Gasteiger partial charge >= 0.3 is 6.03 Å². The van der Waals surface area contributed by atoms with Crippen molar-refractivity contribution in [3.05, 3.63) is 29.8 Å². The molecule has 2 aliphatic heterocycles. The maximum atomic E-state index is 13.4. The first-order valence-corrected chi connectivity index (χ1v) is 10.8. The van der Waals surface area contributed by atoms with Gasteiger partial charge in [0, 0.05) is 32.2 Å². The molecule has 2 fully saturated rings. The van der Waals surface area contributed by atoms with Crippen LogP contribution < -0.4 is 4.74 Å². The van der Waals surface area contributed by atoms with Crippen LogP contribution >= 0.6 is 0 Å². The molecular weight excluding hydrogens is 366 g/mol. The van der Waals surface area contributed by atoms with Crippen LogP contribution in [0, 0.1) is 5.92 Å². The Morgan fingerprint density at radius 1 is 1.03 bits per heavy atom. The average molecular weight is 402 g/mol. The predicted octanol–water partition coefficient (Wildman–Crippen LogP) is 3.40. The second-order valence-electron chi connectivity index (χ2n) is 9.03. The molecule has 0 saturated carbocycles. The number of carbonyl (C=O) groups excluding carboxylic acids is 2. The van der Waals surface area contributed by atoms with Gasteiger partial charge in [-0.25, -0.2) is 4.79 Å². The highest BCUT2D eigenvalue weighted by Gasteiger charge is 2.58. The fourth-order valence-corrected chi connectivity index (χ4v) is 4.64. The van der Waals surface area contributed by atoms with Crippen LogP contribution in [-0.2, 0) is 11.2 Å². The van der Waals surface area contributed by atoms with Gasteiger partial charge in [-0.3, -0.25) is 9.69 Å². The molecule has 3 amide bonds. The zero-order valence-corrected chi connectivity index (χ0v) is 18.5. The van der Waals surface area contributed by atoms with Gasteiger partial charge in [0.05, 0.1) is 7.11 Å². The summed E-state index contributed by atoms with van der Waals surface area (Å²) in [5.41, 5.74) is 0.461. The smallest absolute Gasteiger partial charge is 0.327 e. The fraction of sp³-hybridized carbons (Fsp3) is 0.652. The van der Waals surface area contributed by atoms with Crippen LogP contribution in [0.2, 0.25) is 0 Å². The van der Waals surface area contributed by atoms with Gasteiger partial charge in [-0.2, -0.15) is 0 Å². The van der Waals surface area contributed by atoms with Crippen LogP contribution in [0.15, 0.2) is 24.3 Å². The van der Waals surface area contributed by atoms with Gasteiger partial charge in [0.1, 0.15) is 11.3 Å². The van der Waals surface area contributed by atoms with Crippen molar-refractivity contribution in [3.8, 4) is 5.75 Å². The molecule has 0 N–H and O–H groups in total. The van der Waals surface area contributed by atoms with Crippen LogP contribution in [0.4, 0.5) is 4.79 Å². The third kappa shape index (κ3) is 4.27. The Morgan fingerprint density at radius 2 is 1.66 bits per heavy atom. The molecule has 2 saturated heterocycles. The SMILES string of the molecule is COc1ccc(CCN2C(=O)N(C(C)C)C(=O)C23CCN(CC(C)C)CC3)cc1. The van der Waals surface area contributed by atoms with Gasteiger partial charge in [-0.15, -0.1) is 0 Å². The summed E-state index contributed by atoms with van der Waals surface area (Å²) in [6.45, 7) is 11.6. The second kappa shape index (κ2) is 8.74. The topological polar surface area (TPSA) is 53.1 Å². The molecular formula is C23H35N3O3. The maximum Gasteiger partial charge on any atom is 0.327 e. The summed E-state index contributed by atoms with van der Waals surface area (Å²) in [6, 6.07) is 7.68. The molecule has 0 radical (unpaired) electrons. The lowest BCUT2D eigenvalue weighted by molar-refractivity contribution is -0.136. The molecule has 29 heavy (non-hydrogen) atoms. The van der Waals surface area contributed by atoms with E-state index in [-0.39, 0.29) is 18.0 Å². The number of amides is 3. The van der Waals surface area contributed by atoms with E-state index in [2.05, 4.69) is 18.7 Å². The maximum absolute atomic E-state index is 13.4. The van der Waals surface area contributed by atoms with Crippen molar-refractivity contribution < 1.29 is 14.3 Å². The highest BCUT2D eigenvalue weighted by atomic mass is 16.5. The van der Waals surface area contributed by atoms with Crippen LogP contribution in [0.25, 0.3) is 0 Å². The highest BCUT2D eigenvalue weighted by molar-refractivity contribution is 6.07. The fourth-order valence-electron chi connectivity index (χ4n) is 4.64. The number of piperidine rings is 1. The van der Waals surface area contributed by atoms with Crippen molar-refractivity contribution in [1.82, 2.24) is 14.7 Å². The van der Waals surface area contributed by atoms with Gasteiger partial charge in [0.25, 0.3) is 5.91 Å². The molecule has 6 heteroatoms. The van der Waals surface area contributed by atoms with Crippen LogP contribution in [0.1, 0.15) is 46.1 Å². The van der Waals surface area contributed by atoms with Crippen molar-refractivity contribution in [1.29, 1.82) is 0 Å². The van der Waals surface area contributed by atoms with E-state index in [0.29, 0.717) is 12.5 Å². The number of urea groups is 1. The molecule has 0 atom stereocenters. The minimum absolute atomic E-state index is 0.00331. The molecule has 160 valence electrons. The Labute approximate surface area is 174 Å². The van der Waals surface area contributed by atoms with Crippen molar-refractivity contribution in [3.63, 3.8) is 0 Å². The zero-order valence-electron chi connectivity index (χ0n) is 18.5. The lowest BCUT2D eigenvalue weighted by atomic mass is 9.85. The van der Waals surface area contributed by atoms with Crippen molar-refractivity contribution in [2.45, 2.75) is 58.5 Å². The number of hydrogen-bond acceptors (Lipinski definition) is 4. The molecule has 0 aromatic heterocycles. The number of carbonyl (C=O) groups is 2. The Morgan fingerprint density at radius 3 is 2.17 bits per heavy atom. The van der Waals surface area contributed by atoms with E-state index >= 15 is 0 Å². The second-order valence-corrected chi connectivity index (χ2v) is 9.03. The normalized spacial score (nSPS) is 19.8. The molecule has 0 unspecified atom stereocenters. The lowest BCUT2D eigenvalue weighted by Gasteiger charge is -2.42. The van der Waals surface area contributed by atoms with Crippen LogP contribution in [-0.4, -0.2) is 71.5 Å². The molecule has 1 spiro atoms. The molecule has 0 aliphatic carbocycles. The predicted molar refractivity (Wildman–Crippen MR) is 114 cm³/mol. The number of imide groups is 1. The van der Waals surface area contributed by atoms with Crippen molar-refractivity contribution >= 4 is 11.9 Å². The third-order valence-corrected chi connectivity index (χ3v) is 6.18. The van der Waals surface area contributed by atoms with Gasteiger partial charge in [0.15, 0.2) is 0 Å². The number of methoxy groups -OCH3 is 1. The molecule has 0 bridgehead atoms. The monoisotopic (exact) mass is 401 g/mol. The van der Waals surface area contributed by atoms with Crippen molar-refractivity contribution in [2.75, 3.05) is 33.3 Å². The summed E-state index contributed by atoms with van der Waals surface area (Å²) in [7, 11) is 1.65. The largest absolute Gasteiger partial charge is 0.497 e. The van der Waals surface area contributed by atoms with E-state index in [1.54, 1.807) is 7.11 Å². The lowest BCUT2D eigenvalue weighted by Crippen LogP contribution is -2.57. The Kier molecular flexibility index (Phi) is 6.52. The van der Waals surface area contributed by atoms with E-state index in [1.807, 2.05) is 43.0 Å². The Bertz CT molecular complexity index is 721. The average Bonchev–Trinajstić information content (AvgIpc) is 2.88. The van der Waals surface area contributed by atoms with Crippen LogP contribution in [0.5, 0.6) is 5.75 Å². The molecule has 1 aromatic carbocycles. The van der Waals surface area contributed by atoms with E-state index < -0.39 is 5.54 Å². The number of hydrogen-bond donors (Lipinski definition) is 0. The molecule has 3 rings (SSSR count). The molecule has 2 heterocycles. The standard InChI is InChI=1S/C23H35N3O3/c1-17(2)16-24-14-11-23(12-15-24)21(27)26(18(3)4)22(28)25(23)13-10-19-6-8-20(29-5)9-7-19/h6-9,17-18H,10-16H2,1-5H3. The van der Waals surface area contributed by atoms with E-state index in [1.165, 1.54) is 4.90 Å². The first kappa shape index (κ1) is 21.6. The van der Waals surface area contributed by atoms with Crippen LogP contribution in [0.3, 0.4) is 0 Å². The number of benzene rings is 1. The van der Waals surface area contributed by atoms with Gasteiger partial charge in [-0.1, -0.05) is 26.0 Å². The molecule has 1 aromatic rings. The minimum Gasteiger partial charge on any atom is -0.497 e. The summed E-state index contributed by atoms with van der Waals surface area (Å²) in [5.74, 6) is 1.42. The first-order chi connectivity index (χ1) is 13.8. The summed E-state index contributed by atoms with van der Waals surface area (Å²) >= 11 is 0. The van der Waals surface area contributed by atoms with Gasteiger partial charge < -0.3 is 14.5 Å². The van der Waals surface area contributed by atoms with Gasteiger partial charge in [-0.05, 0) is 56.7 Å². The minimum atomic E-state index is -0.679. The first-order valence-electron chi connectivity index (χ1n) is 10.8. The highest BCUT2D eigenvalue weighted by Crippen LogP contribution is 2.38. The number of likely N-dealkylation sites (tertiary alicyclic amines) is 1. The molecule has 6 nitrogen and oxygen atoms in total. The number of rotatable bonds is 7. The summed E-state index contributed by atoms with van der Waals surface area (Å²) in [6.07, 6.45) is 2.17. The van der Waals surface area contributed by atoms with E-state index in [9.17, 15) is 9.59 Å². The quantitative estimate of drug-likeness (QED) is 0.657.